The van der Waals surface area contributed by atoms with Crippen LogP contribution < -0.4 is 14.8 Å². The second-order valence-electron chi connectivity index (χ2n) is 7.00. The van der Waals surface area contributed by atoms with Crippen molar-refractivity contribution in [3.05, 3.63) is 34.9 Å². The molecule has 7 heteroatoms. The molecule has 142 valence electrons. The van der Waals surface area contributed by atoms with Gasteiger partial charge in [-0.05, 0) is 31.9 Å². The predicted molar refractivity (Wildman–Crippen MR) is 102 cm³/mol. The van der Waals surface area contributed by atoms with Gasteiger partial charge in [0.1, 0.15) is 29.3 Å². The summed E-state index contributed by atoms with van der Waals surface area (Å²) >= 11 is 0. The van der Waals surface area contributed by atoms with E-state index in [2.05, 4.69) is 39.1 Å². The molecule has 4 rings (SSSR count). The van der Waals surface area contributed by atoms with Gasteiger partial charge >= 0.3 is 0 Å². The third-order valence-corrected chi connectivity index (χ3v) is 5.08. The zero-order valence-electron chi connectivity index (χ0n) is 15.5. The van der Waals surface area contributed by atoms with Gasteiger partial charge in [-0.3, -0.25) is 0 Å². The third kappa shape index (κ3) is 3.81. The number of aryl methyl sites for hydroxylation is 1. The lowest BCUT2D eigenvalue weighted by molar-refractivity contribution is 0.254. The molecule has 0 spiro atoms. The molecule has 0 saturated heterocycles. The molecule has 1 aromatic carbocycles. The number of ether oxygens (including phenoxy) is 2. The first-order valence-electron chi connectivity index (χ1n) is 9.22. The van der Waals surface area contributed by atoms with Gasteiger partial charge in [0.05, 0.1) is 13.7 Å². The molecular weight excluding hydrogens is 352 g/mol. The van der Waals surface area contributed by atoms with Crippen LogP contribution in [0.1, 0.15) is 49.0 Å². The molecule has 1 N–H and O–H groups in total. The van der Waals surface area contributed by atoms with Gasteiger partial charge < -0.3 is 19.4 Å². The number of halogens is 1. The van der Waals surface area contributed by atoms with Gasteiger partial charge in [-0.1, -0.05) is 6.42 Å². The van der Waals surface area contributed by atoms with Crippen molar-refractivity contribution in [2.45, 2.75) is 64.8 Å². The van der Waals surface area contributed by atoms with E-state index in [1.54, 1.807) is 7.11 Å². The van der Waals surface area contributed by atoms with Crippen LogP contribution in [0.3, 0.4) is 0 Å². The lowest BCUT2D eigenvalue weighted by Crippen LogP contribution is -2.18. The maximum absolute atomic E-state index is 5.88. The summed E-state index contributed by atoms with van der Waals surface area (Å²) in [7, 11) is 1.73. The largest absolute Gasteiger partial charge is 0.496 e. The van der Waals surface area contributed by atoms with Crippen LogP contribution in [0.25, 0.3) is 0 Å². The van der Waals surface area contributed by atoms with E-state index < -0.39 is 0 Å². The molecule has 0 saturated carbocycles. The molecule has 2 aliphatic rings. The normalized spacial score (nSPS) is 18.3. The minimum absolute atomic E-state index is 0. The summed E-state index contributed by atoms with van der Waals surface area (Å²) in [6.45, 7) is 4.57. The summed E-state index contributed by atoms with van der Waals surface area (Å²) in [6.07, 6.45) is 5.95. The highest BCUT2D eigenvalue weighted by atomic mass is 35.5. The van der Waals surface area contributed by atoms with Crippen LogP contribution in [0.5, 0.6) is 11.5 Å². The number of hydrogen-bond acceptors (Lipinski definition) is 5. The molecule has 2 aromatic rings. The fourth-order valence-corrected chi connectivity index (χ4v) is 3.79. The molecule has 0 fully saturated rings. The van der Waals surface area contributed by atoms with Gasteiger partial charge in [0, 0.05) is 37.1 Å². The molecule has 6 nitrogen and oxygen atoms in total. The van der Waals surface area contributed by atoms with Gasteiger partial charge in [0.2, 0.25) is 0 Å². The molecule has 1 unspecified atom stereocenters. The summed E-state index contributed by atoms with van der Waals surface area (Å²) in [6, 6.07) is 4.22. The molecule has 1 aromatic heterocycles. The molecule has 0 amide bonds. The minimum atomic E-state index is 0. The molecule has 0 aliphatic carbocycles. The topological polar surface area (TPSA) is 61.2 Å². The number of nitrogens with zero attached hydrogens (tertiary/aromatic N) is 3. The van der Waals surface area contributed by atoms with E-state index >= 15 is 0 Å². The average molecular weight is 379 g/mol. The van der Waals surface area contributed by atoms with Crippen molar-refractivity contribution < 1.29 is 9.47 Å². The van der Waals surface area contributed by atoms with Crippen LogP contribution in [0.15, 0.2) is 12.1 Å². The van der Waals surface area contributed by atoms with Crippen molar-refractivity contribution in [1.82, 2.24) is 20.1 Å². The number of hydrogen-bond donors (Lipinski definition) is 1. The van der Waals surface area contributed by atoms with Gasteiger partial charge in [0.25, 0.3) is 0 Å². The van der Waals surface area contributed by atoms with E-state index in [1.807, 2.05) is 0 Å². The van der Waals surface area contributed by atoms with Crippen molar-refractivity contribution in [1.29, 1.82) is 0 Å². The average Bonchev–Trinajstić information content (AvgIpc) is 3.07. The van der Waals surface area contributed by atoms with E-state index in [0.29, 0.717) is 6.54 Å². The zero-order chi connectivity index (χ0) is 17.2. The molecule has 1 atom stereocenters. The Morgan fingerprint density at radius 1 is 1.23 bits per heavy atom. The van der Waals surface area contributed by atoms with Crippen molar-refractivity contribution in [2.75, 3.05) is 7.11 Å². The van der Waals surface area contributed by atoms with Gasteiger partial charge in [-0.15, -0.1) is 22.6 Å². The maximum atomic E-state index is 5.88. The molecule has 2 aliphatic heterocycles. The number of benzene rings is 1. The van der Waals surface area contributed by atoms with Crippen molar-refractivity contribution in [3.63, 3.8) is 0 Å². The summed E-state index contributed by atoms with van der Waals surface area (Å²) < 4.78 is 13.7. The summed E-state index contributed by atoms with van der Waals surface area (Å²) in [5.74, 6) is 4.07. The van der Waals surface area contributed by atoms with Crippen molar-refractivity contribution in [2.24, 2.45) is 0 Å². The highest BCUT2D eigenvalue weighted by Crippen LogP contribution is 2.34. The fourth-order valence-electron chi connectivity index (χ4n) is 3.79. The maximum Gasteiger partial charge on any atom is 0.147 e. The lowest BCUT2D eigenvalue weighted by atomic mass is 10.1. The van der Waals surface area contributed by atoms with Gasteiger partial charge in [-0.25, -0.2) is 0 Å². The first-order valence-corrected chi connectivity index (χ1v) is 9.22. The first kappa shape index (κ1) is 19.0. The lowest BCUT2D eigenvalue weighted by Gasteiger charge is -2.12. The summed E-state index contributed by atoms with van der Waals surface area (Å²) in [5.41, 5.74) is 2.35. The second kappa shape index (κ2) is 8.27. The van der Waals surface area contributed by atoms with Crippen LogP contribution in [-0.4, -0.2) is 28.0 Å². The van der Waals surface area contributed by atoms with Gasteiger partial charge in [-0.2, -0.15) is 0 Å². The highest BCUT2D eigenvalue weighted by molar-refractivity contribution is 5.85. The van der Waals surface area contributed by atoms with E-state index in [0.717, 1.165) is 54.6 Å². The number of methoxy groups -OCH3 is 1. The number of fused-ring (bicyclic) bond motifs is 2. The van der Waals surface area contributed by atoms with Crippen LogP contribution in [-0.2, 0) is 32.5 Å². The Labute approximate surface area is 160 Å². The monoisotopic (exact) mass is 378 g/mol. The van der Waals surface area contributed by atoms with Crippen LogP contribution in [0.2, 0.25) is 0 Å². The van der Waals surface area contributed by atoms with Gasteiger partial charge in [0.15, 0.2) is 0 Å². The Balaban J connectivity index is 0.00000196. The zero-order valence-corrected chi connectivity index (χ0v) is 16.3. The number of rotatable bonds is 5. The number of nitrogens with one attached hydrogen (secondary N) is 1. The Bertz CT molecular complexity index is 762. The summed E-state index contributed by atoms with van der Waals surface area (Å²) in [5, 5.41) is 12.2. The Kier molecular flexibility index (Phi) is 6.04. The fraction of sp³-hybridized carbons (Fsp3) is 0.579. The third-order valence-electron chi connectivity index (χ3n) is 5.08. The SMILES string of the molecule is COc1cc2c(cc1CNCc1nnc3n1CCCCC3)OC(C)C2.Cl. The smallest absolute Gasteiger partial charge is 0.147 e. The molecular formula is C19H27ClN4O2. The molecule has 3 heterocycles. The van der Waals surface area contributed by atoms with Crippen molar-refractivity contribution >= 4 is 12.4 Å². The van der Waals surface area contributed by atoms with E-state index in [1.165, 1.54) is 24.8 Å². The van der Waals surface area contributed by atoms with E-state index in [4.69, 9.17) is 9.47 Å². The Morgan fingerprint density at radius 3 is 2.96 bits per heavy atom. The molecule has 0 radical (unpaired) electrons. The summed E-state index contributed by atoms with van der Waals surface area (Å²) in [4.78, 5) is 0. The predicted octanol–water partition coefficient (Wildman–Crippen LogP) is 3.05. The quantitative estimate of drug-likeness (QED) is 0.866. The molecule has 26 heavy (non-hydrogen) atoms. The van der Waals surface area contributed by atoms with Crippen LogP contribution >= 0.6 is 12.4 Å². The standard InChI is InChI=1S/C19H26N4O2.ClH/c1-13-8-14-9-16(24-2)15(10-17(14)25-13)11-20-12-19-22-21-18-6-4-3-5-7-23(18)19;/h9-10,13,20H,3-8,11-12H2,1-2H3;1H. The van der Waals surface area contributed by atoms with E-state index in [9.17, 15) is 0 Å². The molecule has 0 bridgehead atoms. The van der Waals surface area contributed by atoms with Crippen molar-refractivity contribution in [3.8, 4) is 11.5 Å². The number of aromatic nitrogens is 3. The Hall–Kier alpha value is -1.79. The van der Waals surface area contributed by atoms with Crippen LogP contribution in [0, 0.1) is 0 Å². The highest BCUT2D eigenvalue weighted by Gasteiger charge is 2.21. The first-order chi connectivity index (χ1) is 12.2. The Morgan fingerprint density at radius 2 is 2.12 bits per heavy atom. The second-order valence-corrected chi connectivity index (χ2v) is 7.00. The minimum Gasteiger partial charge on any atom is -0.496 e. The van der Waals surface area contributed by atoms with E-state index in [-0.39, 0.29) is 18.5 Å². The van der Waals surface area contributed by atoms with Crippen LogP contribution in [0.4, 0.5) is 0 Å².